The van der Waals surface area contributed by atoms with Gasteiger partial charge in [0.1, 0.15) is 0 Å². The smallest absolute Gasteiger partial charge is 0.0640 e. The van der Waals surface area contributed by atoms with E-state index in [2.05, 4.69) is 29.0 Å². The normalized spacial score (nSPS) is 10.9. The van der Waals surface area contributed by atoms with Crippen molar-refractivity contribution in [1.29, 1.82) is 0 Å². The van der Waals surface area contributed by atoms with Crippen LogP contribution in [0.2, 0.25) is 0 Å². The minimum absolute atomic E-state index is 1.11. The summed E-state index contributed by atoms with van der Waals surface area (Å²) in [5.41, 5.74) is 2.34. The van der Waals surface area contributed by atoms with E-state index in [0.717, 1.165) is 11.9 Å². The maximum absolute atomic E-state index is 4.42. The average Bonchev–Trinajstić information content (AvgIpc) is 2.65. The summed E-state index contributed by atoms with van der Waals surface area (Å²) in [5, 5.41) is 1.27. The second-order valence-electron chi connectivity index (χ2n) is 3.70. The lowest BCUT2D eigenvalue weighted by Gasteiger charge is -1.99. The average molecular weight is 188 g/mol. The van der Waals surface area contributed by atoms with E-state index < -0.39 is 0 Å². The molecule has 0 bridgehead atoms. The van der Waals surface area contributed by atoms with Gasteiger partial charge in [-0.05, 0) is 25.0 Å². The highest BCUT2D eigenvalue weighted by molar-refractivity contribution is 5.78. The van der Waals surface area contributed by atoms with Gasteiger partial charge in [0.05, 0.1) is 11.7 Å². The number of pyridine rings is 1. The monoisotopic (exact) mass is 188 g/mol. The van der Waals surface area contributed by atoms with Gasteiger partial charge in [-0.3, -0.25) is 4.98 Å². The Bertz CT molecular complexity index is 403. The number of aryl methyl sites for hydroxylation is 1. The van der Waals surface area contributed by atoms with Crippen LogP contribution in [0.15, 0.2) is 24.5 Å². The molecule has 0 aromatic carbocycles. The Labute approximate surface area is 84.4 Å². The molecule has 0 saturated carbocycles. The van der Waals surface area contributed by atoms with Crippen molar-refractivity contribution in [3.05, 3.63) is 30.2 Å². The first-order valence-corrected chi connectivity index (χ1v) is 5.32. The quantitative estimate of drug-likeness (QED) is 0.733. The predicted molar refractivity (Wildman–Crippen MR) is 59.3 cm³/mol. The van der Waals surface area contributed by atoms with E-state index in [4.69, 9.17) is 0 Å². The van der Waals surface area contributed by atoms with E-state index in [1.54, 1.807) is 0 Å². The van der Waals surface area contributed by atoms with Gasteiger partial charge in [0.25, 0.3) is 0 Å². The predicted octanol–water partition coefficient (Wildman–Crippen LogP) is 3.30. The molecular weight excluding hydrogens is 172 g/mol. The molecule has 2 nitrogen and oxygen atoms in total. The zero-order valence-electron chi connectivity index (χ0n) is 8.59. The van der Waals surface area contributed by atoms with Crippen LogP contribution in [0, 0.1) is 0 Å². The van der Waals surface area contributed by atoms with Crippen molar-refractivity contribution in [3.63, 3.8) is 0 Å². The van der Waals surface area contributed by atoms with Crippen LogP contribution in [0.5, 0.6) is 0 Å². The summed E-state index contributed by atoms with van der Waals surface area (Å²) in [6.45, 7) is 2.22. The van der Waals surface area contributed by atoms with Gasteiger partial charge < -0.3 is 4.98 Å². The Balaban J connectivity index is 2.10. The summed E-state index contributed by atoms with van der Waals surface area (Å²) in [6, 6.07) is 4.28. The van der Waals surface area contributed by atoms with Gasteiger partial charge >= 0.3 is 0 Å². The molecule has 1 N–H and O–H groups in total. The summed E-state index contributed by atoms with van der Waals surface area (Å²) in [4.78, 5) is 7.57. The van der Waals surface area contributed by atoms with Crippen molar-refractivity contribution in [2.45, 2.75) is 32.6 Å². The van der Waals surface area contributed by atoms with E-state index in [1.165, 1.54) is 30.3 Å². The molecule has 2 aromatic rings. The minimum Gasteiger partial charge on any atom is -0.360 e. The molecule has 2 rings (SSSR count). The Morgan fingerprint density at radius 2 is 2.29 bits per heavy atom. The number of unbranched alkanes of at least 4 members (excludes halogenated alkanes) is 2. The fourth-order valence-corrected chi connectivity index (χ4v) is 1.69. The lowest BCUT2D eigenvalue weighted by molar-refractivity contribution is 0.708. The highest BCUT2D eigenvalue weighted by Crippen LogP contribution is 2.13. The van der Waals surface area contributed by atoms with Gasteiger partial charge in [0, 0.05) is 17.3 Å². The van der Waals surface area contributed by atoms with Crippen LogP contribution in [0.4, 0.5) is 0 Å². The van der Waals surface area contributed by atoms with E-state index in [0.29, 0.717) is 0 Å². The molecule has 0 aliphatic rings. The van der Waals surface area contributed by atoms with Gasteiger partial charge in [0.2, 0.25) is 0 Å². The van der Waals surface area contributed by atoms with Crippen molar-refractivity contribution in [1.82, 2.24) is 9.97 Å². The molecule has 0 atom stereocenters. The SMILES string of the molecule is CCCCCc1cc2cc[nH]c2cn1. The van der Waals surface area contributed by atoms with Gasteiger partial charge in [-0.15, -0.1) is 0 Å². The summed E-state index contributed by atoms with van der Waals surface area (Å²) >= 11 is 0. The molecule has 74 valence electrons. The lowest BCUT2D eigenvalue weighted by Crippen LogP contribution is -1.89. The maximum Gasteiger partial charge on any atom is 0.0640 e. The van der Waals surface area contributed by atoms with Crippen LogP contribution in [0.25, 0.3) is 10.9 Å². The van der Waals surface area contributed by atoms with Crippen LogP contribution in [0.3, 0.4) is 0 Å². The van der Waals surface area contributed by atoms with Crippen LogP contribution < -0.4 is 0 Å². The number of aromatic amines is 1. The van der Waals surface area contributed by atoms with Crippen LogP contribution >= 0.6 is 0 Å². The molecule has 0 aliphatic carbocycles. The van der Waals surface area contributed by atoms with Crippen LogP contribution in [0.1, 0.15) is 31.9 Å². The van der Waals surface area contributed by atoms with Crippen molar-refractivity contribution >= 4 is 10.9 Å². The molecule has 0 spiro atoms. The maximum atomic E-state index is 4.42. The second kappa shape index (κ2) is 4.27. The van der Waals surface area contributed by atoms with Crippen molar-refractivity contribution in [3.8, 4) is 0 Å². The molecular formula is C12H16N2. The molecule has 0 saturated heterocycles. The summed E-state index contributed by atoms with van der Waals surface area (Å²) in [5.74, 6) is 0. The molecule has 0 radical (unpaired) electrons. The Hall–Kier alpha value is -1.31. The number of hydrogen-bond donors (Lipinski definition) is 1. The molecule has 0 aliphatic heterocycles. The van der Waals surface area contributed by atoms with E-state index in [9.17, 15) is 0 Å². The third kappa shape index (κ3) is 1.95. The van der Waals surface area contributed by atoms with Crippen molar-refractivity contribution < 1.29 is 0 Å². The van der Waals surface area contributed by atoms with Crippen LogP contribution in [-0.2, 0) is 6.42 Å². The van der Waals surface area contributed by atoms with Gasteiger partial charge in [-0.2, -0.15) is 0 Å². The minimum atomic E-state index is 1.11. The fraction of sp³-hybridized carbons (Fsp3) is 0.417. The third-order valence-corrected chi connectivity index (χ3v) is 2.53. The first-order chi connectivity index (χ1) is 6.90. The highest BCUT2D eigenvalue weighted by Gasteiger charge is 1.98. The Kier molecular flexibility index (Phi) is 2.82. The van der Waals surface area contributed by atoms with Crippen molar-refractivity contribution in [2.75, 3.05) is 0 Å². The standard InChI is InChI=1S/C12H16N2/c1-2-3-4-5-11-8-10-6-7-13-12(10)9-14-11/h6-9,13H,2-5H2,1H3. The second-order valence-corrected chi connectivity index (χ2v) is 3.70. The lowest BCUT2D eigenvalue weighted by atomic mass is 10.1. The number of aromatic nitrogens is 2. The van der Waals surface area contributed by atoms with E-state index in [-0.39, 0.29) is 0 Å². The number of hydrogen-bond acceptors (Lipinski definition) is 1. The molecule has 0 fully saturated rings. The number of H-pyrrole nitrogens is 1. The number of rotatable bonds is 4. The Morgan fingerprint density at radius 1 is 1.36 bits per heavy atom. The molecule has 2 heteroatoms. The first kappa shape index (κ1) is 9.25. The van der Waals surface area contributed by atoms with E-state index >= 15 is 0 Å². The number of nitrogens with zero attached hydrogens (tertiary/aromatic N) is 1. The summed E-state index contributed by atoms with van der Waals surface area (Å²) < 4.78 is 0. The largest absolute Gasteiger partial charge is 0.360 e. The van der Waals surface area contributed by atoms with Crippen molar-refractivity contribution in [2.24, 2.45) is 0 Å². The zero-order chi connectivity index (χ0) is 9.80. The van der Waals surface area contributed by atoms with Crippen LogP contribution in [-0.4, -0.2) is 9.97 Å². The topological polar surface area (TPSA) is 28.7 Å². The first-order valence-electron chi connectivity index (χ1n) is 5.32. The molecule has 2 aromatic heterocycles. The van der Waals surface area contributed by atoms with Gasteiger partial charge in [-0.25, -0.2) is 0 Å². The van der Waals surface area contributed by atoms with Gasteiger partial charge in [-0.1, -0.05) is 19.8 Å². The summed E-state index contributed by atoms with van der Waals surface area (Å²) in [6.07, 6.45) is 8.81. The molecule has 0 amide bonds. The van der Waals surface area contributed by atoms with Gasteiger partial charge in [0.15, 0.2) is 0 Å². The third-order valence-electron chi connectivity index (χ3n) is 2.53. The Morgan fingerprint density at radius 3 is 3.14 bits per heavy atom. The molecule has 0 unspecified atom stereocenters. The van der Waals surface area contributed by atoms with E-state index in [1.807, 2.05) is 12.4 Å². The number of fused-ring (bicyclic) bond motifs is 1. The molecule has 2 heterocycles. The summed E-state index contributed by atoms with van der Waals surface area (Å²) in [7, 11) is 0. The zero-order valence-corrected chi connectivity index (χ0v) is 8.59. The molecule has 14 heavy (non-hydrogen) atoms. The number of nitrogens with one attached hydrogen (secondary N) is 1. The highest BCUT2D eigenvalue weighted by atomic mass is 14.7. The fourth-order valence-electron chi connectivity index (χ4n) is 1.69.